The van der Waals surface area contributed by atoms with Gasteiger partial charge in [-0.15, -0.1) is 0 Å². The highest BCUT2D eigenvalue weighted by atomic mass is 79.9. The van der Waals surface area contributed by atoms with Crippen LogP contribution in [0.2, 0.25) is 0 Å². The first-order chi connectivity index (χ1) is 8.35. The van der Waals surface area contributed by atoms with Crippen LogP contribution in [0.4, 0.5) is 8.78 Å². The van der Waals surface area contributed by atoms with Gasteiger partial charge in [-0.3, -0.25) is 0 Å². The van der Waals surface area contributed by atoms with Crippen LogP contribution < -0.4 is 14.2 Å². The van der Waals surface area contributed by atoms with Gasteiger partial charge in [0, 0.05) is 12.1 Å². The molecule has 1 atom stereocenters. The summed E-state index contributed by atoms with van der Waals surface area (Å²) in [6.07, 6.45) is -2.10. The summed E-state index contributed by atoms with van der Waals surface area (Å²) in [5.41, 5.74) is -0.150. The number of rotatable bonds is 5. The Hall–Kier alpha value is -1.08. The van der Waals surface area contributed by atoms with Gasteiger partial charge in [0.15, 0.2) is 6.10 Å². The molecule has 0 aromatic heterocycles. The molecule has 102 valence electrons. The van der Waals surface area contributed by atoms with Crippen LogP contribution >= 0.6 is 15.9 Å². The Morgan fingerprint density at radius 3 is 1.83 bits per heavy atom. The molecule has 18 heavy (non-hydrogen) atoms. The second kappa shape index (κ2) is 5.71. The molecule has 4 nitrogen and oxygen atoms in total. The molecule has 0 amide bonds. The van der Waals surface area contributed by atoms with E-state index >= 15 is 0 Å². The minimum atomic E-state index is -3.50. The van der Waals surface area contributed by atoms with Crippen LogP contribution in [0.3, 0.4) is 0 Å². The summed E-state index contributed by atoms with van der Waals surface area (Å²) in [5, 5.41) is 9.65. The van der Waals surface area contributed by atoms with Crippen LogP contribution in [-0.4, -0.2) is 31.3 Å². The topological polar surface area (TPSA) is 47.9 Å². The summed E-state index contributed by atoms with van der Waals surface area (Å²) in [6, 6.07) is 2.78. The lowest BCUT2D eigenvalue weighted by atomic mass is 10.1. The molecule has 0 radical (unpaired) electrons. The van der Waals surface area contributed by atoms with Crippen LogP contribution in [-0.2, 0) is 0 Å². The monoisotopic (exact) mass is 326 g/mol. The second-order valence-electron chi connectivity index (χ2n) is 3.39. The number of ether oxygens (including phenoxy) is 3. The van der Waals surface area contributed by atoms with Crippen molar-refractivity contribution in [2.75, 3.05) is 21.3 Å². The Labute approximate surface area is 112 Å². The van der Waals surface area contributed by atoms with E-state index < -0.39 is 10.9 Å². The molecule has 1 aromatic carbocycles. The number of methoxy groups -OCH3 is 3. The van der Waals surface area contributed by atoms with Gasteiger partial charge in [0.2, 0.25) is 0 Å². The summed E-state index contributed by atoms with van der Waals surface area (Å²) in [7, 11) is 4.02. The van der Waals surface area contributed by atoms with E-state index in [2.05, 4.69) is 15.9 Å². The maximum Gasteiger partial charge on any atom is 0.331 e. The zero-order chi connectivity index (χ0) is 13.9. The number of alkyl halides is 3. The fourth-order valence-corrected chi connectivity index (χ4v) is 1.69. The Bertz CT molecular complexity index is 395. The Morgan fingerprint density at radius 2 is 1.56 bits per heavy atom. The molecule has 0 aliphatic carbocycles. The van der Waals surface area contributed by atoms with Crippen molar-refractivity contribution in [3.05, 3.63) is 17.7 Å². The first-order valence-corrected chi connectivity index (χ1v) is 5.69. The van der Waals surface area contributed by atoms with Gasteiger partial charge in [-0.05, 0) is 15.9 Å². The van der Waals surface area contributed by atoms with Gasteiger partial charge in [0.25, 0.3) is 0 Å². The third-order valence-corrected chi connectivity index (χ3v) is 2.77. The van der Waals surface area contributed by atoms with E-state index in [0.717, 1.165) is 0 Å². The predicted octanol–water partition coefficient (Wildman–Crippen LogP) is 2.73. The van der Waals surface area contributed by atoms with Crippen LogP contribution in [0.15, 0.2) is 12.1 Å². The van der Waals surface area contributed by atoms with Gasteiger partial charge in [-0.25, -0.2) is 0 Å². The lowest BCUT2D eigenvalue weighted by Gasteiger charge is -2.22. The summed E-state index contributed by atoms with van der Waals surface area (Å²) >= 11 is 2.12. The number of halogens is 3. The summed E-state index contributed by atoms with van der Waals surface area (Å²) in [6.45, 7) is 0. The van der Waals surface area contributed by atoms with E-state index in [9.17, 15) is 13.9 Å². The average molecular weight is 327 g/mol. The maximum atomic E-state index is 13.1. The Balaban J connectivity index is 3.40. The van der Waals surface area contributed by atoms with Crippen LogP contribution in [0.5, 0.6) is 17.2 Å². The molecule has 0 saturated carbocycles. The highest BCUT2D eigenvalue weighted by Crippen LogP contribution is 2.46. The van der Waals surface area contributed by atoms with E-state index in [4.69, 9.17) is 14.2 Å². The highest BCUT2D eigenvalue weighted by molar-refractivity contribution is 9.10. The molecule has 1 N–H and O–H groups in total. The molecule has 0 aliphatic rings. The molecule has 0 spiro atoms. The van der Waals surface area contributed by atoms with Crippen molar-refractivity contribution in [3.8, 4) is 17.2 Å². The third-order valence-electron chi connectivity index (χ3n) is 2.34. The number of hydrogen-bond donors (Lipinski definition) is 1. The molecule has 0 heterocycles. The minimum Gasteiger partial charge on any atom is -0.496 e. The molecule has 0 fully saturated rings. The number of aliphatic hydroxyl groups excluding tert-OH is 1. The lowest BCUT2D eigenvalue weighted by Crippen LogP contribution is -2.19. The third kappa shape index (κ3) is 3.02. The lowest BCUT2D eigenvalue weighted by molar-refractivity contribution is -0.0316. The largest absolute Gasteiger partial charge is 0.496 e. The summed E-state index contributed by atoms with van der Waals surface area (Å²) in [5.74, 6) is 0.480. The van der Waals surface area contributed by atoms with Crippen LogP contribution in [0.1, 0.15) is 11.7 Å². The predicted molar refractivity (Wildman–Crippen MR) is 64.9 cm³/mol. The second-order valence-corrected chi connectivity index (χ2v) is 4.45. The normalized spacial score (nSPS) is 13.1. The van der Waals surface area contributed by atoms with Crippen molar-refractivity contribution >= 4 is 15.9 Å². The number of benzene rings is 1. The molecule has 1 unspecified atom stereocenters. The summed E-state index contributed by atoms with van der Waals surface area (Å²) < 4.78 is 41.2. The van der Waals surface area contributed by atoms with Crippen molar-refractivity contribution in [1.29, 1.82) is 0 Å². The Kier molecular flexibility index (Phi) is 4.75. The molecule has 0 saturated heterocycles. The molecule has 0 bridgehead atoms. The Morgan fingerprint density at radius 1 is 1.11 bits per heavy atom. The smallest absolute Gasteiger partial charge is 0.331 e. The number of hydrogen-bond acceptors (Lipinski definition) is 4. The zero-order valence-electron chi connectivity index (χ0n) is 10.0. The zero-order valence-corrected chi connectivity index (χ0v) is 11.6. The van der Waals surface area contributed by atoms with Crippen molar-refractivity contribution in [2.45, 2.75) is 10.9 Å². The van der Waals surface area contributed by atoms with Gasteiger partial charge in [-0.1, -0.05) is 0 Å². The number of aliphatic hydroxyl groups is 1. The molecule has 1 rings (SSSR count). The maximum absolute atomic E-state index is 13.1. The first kappa shape index (κ1) is 15.0. The molecule has 0 aliphatic heterocycles. The van der Waals surface area contributed by atoms with Crippen LogP contribution in [0.25, 0.3) is 0 Å². The SMILES string of the molecule is COc1cc(OC)c(C(O)C(F)(F)Br)c(OC)c1. The van der Waals surface area contributed by atoms with Crippen molar-refractivity contribution < 1.29 is 28.1 Å². The van der Waals surface area contributed by atoms with E-state index in [1.807, 2.05) is 0 Å². The van der Waals surface area contributed by atoms with Gasteiger partial charge in [0.1, 0.15) is 17.2 Å². The van der Waals surface area contributed by atoms with Gasteiger partial charge in [-0.2, -0.15) is 8.78 Å². The van der Waals surface area contributed by atoms with E-state index in [1.54, 1.807) is 0 Å². The van der Waals surface area contributed by atoms with Gasteiger partial charge >= 0.3 is 4.83 Å². The average Bonchev–Trinajstić information content (AvgIpc) is 2.34. The van der Waals surface area contributed by atoms with Gasteiger partial charge in [0.05, 0.1) is 26.9 Å². The standard InChI is InChI=1S/C11H13BrF2O4/c1-16-6-4-7(17-2)9(8(5-6)18-3)10(15)11(12,13)14/h4-5,10,15H,1-3H3. The van der Waals surface area contributed by atoms with E-state index in [0.29, 0.717) is 5.75 Å². The van der Waals surface area contributed by atoms with E-state index in [1.165, 1.54) is 33.5 Å². The van der Waals surface area contributed by atoms with E-state index in [-0.39, 0.29) is 17.1 Å². The fraction of sp³-hybridized carbons (Fsp3) is 0.455. The highest BCUT2D eigenvalue weighted by Gasteiger charge is 2.40. The minimum absolute atomic E-state index is 0.0535. The first-order valence-electron chi connectivity index (χ1n) is 4.89. The van der Waals surface area contributed by atoms with Crippen LogP contribution in [0, 0.1) is 0 Å². The van der Waals surface area contributed by atoms with Gasteiger partial charge < -0.3 is 19.3 Å². The van der Waals surface area contributed by atoms with Crippen molar-refractivity contribution in [1.82, 2.24) is 0 Å². The molecular formula is C11H13BrF2O4. The van der Waals surface area contributed by atoms with Crippen molar-refractivity contribution in [3.63, 3.8) is 0 Å². The molecule has 7 heteroatoms. The molecular weight excluding hydrogens is 314 g/mol. The fourth-order valence-electron chi connectivity index (χ4n) is 1.47. The van der Waals surface area contributed by atoms with Crippen molar-refractivity contribution in [2.24, 2.45) is 0 Å². The quantitative estimate of drug-likeness (QED) is 0.845. The summed E-state index contributed by atoms with van der Waals surface area (Å²) in [4.78, 5) is -3.50. The molecule has 1 aromatic rings.